The molecule has 0 bridgehead atoms. The lowest BCUT2D eigenvalue weighted by Gasteiger charge is -2.35. The molecule has 2 unspecified atom stereocenters. The monoisotopic (exact) mass is 458 g/mol. The number of hydrogen-bond donors (Lipinski definition) is 0. The zero-order chi connectivity index (χ0) is 22.5. The smallest absolute Gasteiger partial charge is 0.0173 e. The molecule has 0 spiro atoms. The maximum absolute atomic E-state index is 2.68. The van der Waals surface area contributed by atoms with Crippen molar-refractivity contribution in [2.75, 3.05) is 24.6 Å². The van der Waals surface area contributed by atoms with E-state index in [0.29, 0.717) is 0 Å². The Morgan fingerprint density at radius 1 is 0.367 bits per heavy atom. The third kappa shape index (κ3) is 16.5. The van der Waals surface area contributed by atoms with Crippen LogP contribution in [0.15, 0.2) is 0 Å². The Balaban J connectivity index is 4.84. The summed E-state index contributed by atoms with van der Waals surface area (Å²) in [5, 5.41) is 0. The van der Waals surface area contributed by atoms with Crippen molar-refractivity contribution in [1.82, 2.24) is 0 Å². The van der Waals surface area contributed by atoms with Gasteiger partial charge in [-0.3, -0.25) is 0 Å². The van der Waals surface area contributed by atoms with Crippen LogP contribution in [0.25, 0.3) is 0 Å². The Morgan fingerprint density at radius 3 is 0.800 bits per heavy atom. The van der Waals surface area contributed by atoms with Crippen molar-refractivity contribution < 1.29 is 0 Å². The van der Waals surface area contributed by atoms with Crippen LogP contribution in [0.1, 0.15) is 144 Å². The van der Waals surface area contributed by atoms with Crippen LogP contribution < -0.4 is 0 Å². The molecule has 0 aliphatic carbocycles. The normalized spacial score (nSPS) is 14.0. The Bertz CT molecular complexity index is 275. The lowest BCUT2D eigenvalue weighted by atomic mass is 10.2. The second-order valence-electron chi connectivity index (χ2n) is 9.80. The molecule has 0 saturated heterocycles. The van der Waals surface area contributed by atoms with Crippen molar-refractivity contribution in [2.45, 2.75) is 156 Å². The highest BCUT2D eigenvalue weighted by Crippen LogP contribution is 2.54. The highest BCUT2D eigenvalue weighted by Gasteiger charge is 2.27. The maximum Gasteiger partial charge on any atom is -0.0173 e. The molecule has 0 N–H and O–H groups in total. The first-order valence-electron chi connectivity index (χ1n) is 14.1. The largest absolute Gasteiger partial charge is 0.103 e. The molecule has 0 fully saturated rings. The molecule has 0 saturated carbocycles. The number of rotatable bonds is 23. The van der Waals surface area contributed by atoms with E-state index >= 15 is 0 Å². The van der Waals surface area contributed by atoms with Gasteiger partial charge in [-0.1, -0.05) is 119 Å². The summed E-state index contributed by atoms with van der Waals surface area (Å²) in [5.74, 6) is 0. The molecule has 0 aliphatic heterocycles. The summed E-state index contributed by atoms with van der Waals surface area (Å²) in [4.78, 5) is 0. The fourth-order valence-electron chi connectivity index (χ4n) is 4.62. The van der Waals surface area contributed by atoms with Crippen molar-refractivity contribution in [3.8, 4) is 0 Å². The number of hydrogen-bond acceptors (Lipinski definition) is 0. The Morgan fingerprint density at radius 2 is 0.600 bits per heavy atom. The molecule has 2 atom stereocenters. The quantitative estimate of drug-likeness (QED) is 0.105. The Kier molecular flexibility index (Phi) is 23.7. The van der Waals surface area contributed by atoms with Gasteiger partial charge in [0.25, 0.3) is 0 Å². The molecule has 0 heterocycles. The third-order valence-electron chi connectivity index (χ3n) is 7.05. The summed E-state index contributed by atoms with van der Waals surface area (Å²) >= 11 is 0. The SMILES string of the molecule is CCCCCCP(CCCCCC)C(C)C(C)P(CCCCCC)CCCCCC. The van der Waals surface area contributed by atoms with E-state index in [1.807, 2.05) is 0 Å². The van der Waals surface area contributed by atoms with E-state index in [0.717, 1.165) is 11.3 Å². The molecule has 2 heteroatoms. The molecule has 0 aliphatic rings. The van der Waals surface area contributed by atoms with Gasteiger partial charge in [-0.15, -0.1) is 15.8 Å². The van der Waals surface area contributed by atoms with Crippen LogP contribution in [-0.2, 0) is 0 Å². The van der Waals surface area contributed by atoms with E-state index in [-0.39, 0.29) is 15.8 Å². The topological polar surface area (TPSA) is 0 Å². The first kappa shape index (κ1) is 30.9. The van der Waals surface area contributed by atoms with Gasteiger partial charge in [0.1, 0.15) is 0 Å². The molecular formula is C28H60P2. The van der Waals surface area contributed by atoms with Gasteiger partial charge in [-0.25, -0.2) is 0 Å². The van der Waals surface area contributed by atoms with Crippen LogP contribution in [0.2, 0.25) is 0 Å². The van der Waals surface area contributed by atoms with Crippen molar-refractivity contribution in [3.63, 3.8) is 0 Å². The predicted molar refractivity (Wildman–Crippen MR) is 149 cm³/mol. The molecule has 0 aromatic carbocycles. The first-order chi connectivity index (χ1) is 14.6. The van der Waals surface area contributed by atoms with Crippen LogP contribution in [0.5, 0.6) is 0 Å². The standard InChI is InChI=1S/C28H60P2/c1-7-11-15-19-23-29(24-20-16-12-8-2)27(5)28(6)30(25-21-17-13-9-3)26-22-18-14-10-4/h27-28H,7-26H2,1-6H3. The van der Waals surface area contributed by atoms with Gasteiger partial charge < -0.3 is 0 Å². The predicted octanol–water partition coefficient (Wildman–Crippen LogP) is 11.0. The minimum Gasteiger partial charge on any atom is -0.103 e. The average molecular weight is 459 g/mol. The minimum absolute atomic E-state index is 0.246. The van der Waals surface area contributed by atoms with Crippen LogP contribution in [0.3, 0.4) is 0 Å². The van der Waals surface area contributed by atoms with Gasteiger partial charge in [-0.05, 0) is 61.6 Å². The van der Waals surface area contributed by atoms with E-state index < -0.39 is 0 Å². The molecule has 0 nitrogen and oxygen atoms in total. The van der Waals surface area contributed by atoms with Gasteiger partial charge in [-0.2, -0.15) is 0 Å². The van der Waals surface area contributed by atoms with Crippen LogP contribution >= 0.6 is 15.8 Å². The highest BCUT2D eigenvalue weighted by atomic mass is 31.1. The third-order valence-corrected chi connectivity index (χ3v) is 14.0. The van der Waals surface area contributed by atoms with Crippen molar-refractivity contribution in [1.29, 1.82) is 0 Å². The van der Waals surface area contributed by atoms with E-state index in [1.165, 1.54) is 103 Å². The maximum atomic E-state index is 2.68. The molecule has 0 aromatic rings. The summed E-state index contributed by atoms with van der Waals surface area (Å²) in [5.41, 5.74) is 2.01. The van der Waals surface area contributed by atoms with E-state index in [1.54, 1.807) is 24.6 Å². The van der Waals surface area contributed by atoms with Gasteiger partial charge in [0, 0.05) is 0 Å². The van der Waals surface area contributed by atoms with Crippen molar-refractivity contribution in [2.24, 2.45) is 0 Å². The van der Waals surface area contributed by atoms with Crippen molar-refractivity contribution >= 4 is 15.8 Å². The zero-order valence-electron chi connectivity index (χ0n) is 22.2. The summed E-state index contributed by atoms with van der Waals surface area (Å²) in [7, 11) is 0.492. The Labute approximate surface area is 196 Å². The van der Waals surface area contributed by atoms with E-state index in [4.69, 9.17) is 0 Å². The fraction of sp³-hybridized carbons (Fsp3) is 1.00. The van der Waals surface area contributed by atoms with E-state index in [9.17, 15) is 0 Å². The van der Waals surface area contributed by atoms with Crippen LogP contribution in [0.4, 0.5) is 0 Å². The second kappa shape index (κ2) is 23.0. The first-order valence-corrected chi connectivity index (χ1v) is 17.7. The Hall–Kier alpha value is 0.860. The average Bonchev–Trinajstić information content (AvgIpc) is 2.76. The molecule has 0 aromatic heterocycles. The molecule has 0 radical (unpaired) electrons. The van der Waals surface area contributed by atoms with Gasteiger partial charge in [0.05, 0.1) is 0 Å². The zero-order valence-corrected chi connectivity index (χ0v) is 24.0. The minimum atomic E-state index is 0.246. The lowest BCUT2D eigenvalue weighted by Crippen LogP contribution is -2.21. The summed E-state index contributed by atoms with van der Waals surface area (Å²) in [6.45, 7) is 14.8. The molecule has 30 heavy (non-hydrogen) atoms. The van der Waals surface area contributed by atoms with Gasteiger partial charge in [0.2, 0.25) is 0 Å². The van der Waals surface area contributed by atoms with Gasteiger partial charge >= 0.3 is 0 Å². The highest BCUT2D eigenvalue weighted by molar-refractivity contribution is 7.62. The molecule has 0 amide bonds. The molecule has 0 rings (SSSR count). The van der Waals surface area contributed by atoms with Crippen LogP contribution in [0, 0.1) is 0 Å². The van der Waals surface area contributed by atoms with Crippen molar-refractivity contribution in [3.05, 3.63) is 0 Å². The summed E-state index contributed by atoms with van der Waals surface area (Å²) in [6.07, 6.45) is 29.5. The summed E-state index contributed by atoms with van der Waals surface area (Å²) in [6, 6.07) is 0. The number of unbranched alkanes of at least 4 members (excludes halogenated alkanes) is 12. The van der Waals surface area contributed by atoms with Gasteiger partial charge in [0.15, 0.2) is 0 Å². The fourth-order valence-corrected chi connectivity index (χ4v) is 11.6. The molecular weight excluding hydrogens is 398 g/mol. The van der Waals surface area contributed by atoms with Crippen LogP contribution in [-0.4, -0.2) is 36.0 Å². The lowest BCUT2D eigenvalue weighted by molar-refractivity contribution is 0.688. The summed E-state index contributed by atoms with van der Waals surface area (Å²) < 4.78 is 0. The molecule has 182 valence electrons. The second-order valence-corrected chi connectivity index (χ2v) is 15.6. The van der Waals surface area contributed by atoms with E-state index in [2.05, 4.69) is 41.5 Å².